The van der Waals surface area contributed by atoms with Crippen molar-refractivity contribution in [2.45, 2.75) is 71.1 Å². The number of carboxylic acids is 2. The van der Waals surface area contributed by atoms with Crippen LogP contribution in [-0.4, -0.2) is 46.3 Å². The molecule has 2 N–H and O–H groups in total. The van der Waals surface area contributed by atoms with E-state index >= 15 is 0 Å². The van der Waals surface area contributed by atoms with Gasteiger partial charge in [-0.15, -0.1) is 0 Å². The van der Waals surface area contributed by atoms with Gasteiger partial charge in [0.25, 0.3) is 0 Å². The molecule has 34 heavy (non-hydrogen) atoms. The summed E-state index contributed by atoms with van der Waals surface area (Å²) in [6.07, 6.45) is 1.73. The van der Waals surface area contributed by atoms with Crippen molar-refractivity contribution in [2.75, 3.05) is 7.05 Å². The predicted octanol–water partition coefficient (Wildman–Crippen LogP) is 6.45. The lowest BCUT2D eigenvalue weighted by atomic mass is 9.83. The highest BCUT2D eigenvalue weighted by molar-refractivity contribution is 5.92. The summed E-state index contributed by atoms with van der Waals surface area (Å²) in [7, 11) is 1.91. The van der Waals surface area contributed by atoms with Gasteiger partial charge in [-0.2, -0.15) is 0 Å². The molecule has 4 atom stereocenters. The fourth-order valence-corrected chi connectivity index (χ4v) is 4.96. The lowest BCUT2D eigenvalue weighted by molar-refractivity contribution is -0.155. The van der Waals surface area contributed by atoms with Crippen molar-refractivity contribution >= 4 is 11.9 Å². The molecule has 0 radical (unpaired) electrons. The van der Waals surface area contributed by atoms with Crippen LogP contribution in [0.15, 0.2) is 54.6 Å². The highest BCUT2D eigenvalue weighted by Crippen LogP contribution is 2.38. The Balaban J connectivity index is 2.45. The molecule has 186 valence electrons. The molecule has 0 fully saturated rings. The van der Waals surface area contributed by atoms with Gasteiger partial charge in [0.05, 0.1) is 6.17 Å². The number of rotatable bonds is 14. The second-order valence-corrected chi connectivity index (χ2v) is 9.19. The van der Waals surface area contributed by atoms with Gasteiger partial charge in [-0.1, -0.05) is 74.9 Å². The number of benzene rings is 2. The zero-order chi connectivity index (χ0) is 25.3. The zero-order valence-corrected chi connectivity index (χ0v) is 20.7. The van der Waals surface area contributed by atoms with Crippen molar-refractivity contribution in [3.63, 3.8) is 0 Å². The third-order valence-electron chi connectivity index (χ3n) is 6.68. The van der Waals surface area contributed by atoms with Crippen LogP contribution >= 0.6 is 0 Å². The normalized spacial score (nSPS) is 15.1. The Morgan fingerprint density at radius 1 is 0.912 bits per heavy atom. The molecule has 0 aromatic heterocycles. The smallest absolute Gasteiger partial charge is 0.317 e. The van der Waals surface area contributed by atoms with Crippen molar-refractivity contribution in [3.8, 4) is 11.1 Å². The largest absolute Gasteiger partial charge is 0.481 e. The van der Waals surface area contributed by atoms with E-state index in [-0.39, 0.29) is 24.4 Å². The first-order valence-electron chi connectivity index (χ1n) is 12.2. The minimum Gasteiger partial charge on any atom is -0.481 e. The molecule has 0 amide bonds. The number of carboxylic acid groups (broad SMARTS) is 2. The summed E-state index contributed by atoms with van der Waals surface area (Å²) in [5.41, 5.74) is 3.22. The lowest BCUT2D eigenvalue weighted by Gasteiger charge is -2.40. The molecule has 0 aliphatic rings. The van der Waals surface area contributed by atoms with Crippen LogP contribution in [0, 0.1) is 11.8 Å². The fourth-order valence-electron chi connectivity index (χ4n) is 4.96. The van der Waals surface area contributed by atoms with Crippen LogP contribution in [-0.2, 0) is 9.59 Å². The highest BCUT2D eigenvalue weighted by Gasteiger charge is 2.35. The average molecular weight is 472 g/mol. The first kappa shape index (κ1) is 27.5. The Bertz CT molecular complexity index is 886. The number of carbonyl (C=O) groups is 2. The number of halogens is 1. The van der Waals surface area contributed by atoms with Crippen molar-refractivity contribution in [1.29, 1.82) is 0 Å². The number of alkyl halides is 1. The molecular weight excluding hydrogens is 433 g/mol. The van der Waals surface area contributed by atoms with E-state index in [0.717, 1.165) is 29.5 Å². The van der Waals surface area contributed by atoms with E-state index in [0.29, 0.717) is 12.8 Å². The summed E-state index contributed by atoms with van der Waals surface area (Å²) in [4.78, 5) is 25.2. The summed E-state index contributed by atoms with van der Waals surface area (Å²) in [5, 5.41) is 18.9. The molecule has 4 unspecified atom stereocenters. The van der Waals surface area contributed by atoms with E-state index in [4.69, 9.17) is 0 Å². The van der Waals surface area contributed by atoms with Gasteiger partial charge in [-0.05, 0) is 62.3 Å². The van der Waals surface area contributed by atoms with Crippen LogP contribution in [0.2, 0.25) is 0 Å². The SMILES string of the molecule is CCCC(CC(C)F)C(c1ccc(-c2ccccc2)cc1)N(C)C(CC)CC(C(=O)O)C(=O)O. The number of hydrogen-bond donors (Lipinski definition) is 2. The summed E-state index contributed by atoms with van der Waals surface area (Å²) >= 11 is 0. The molecule has 0 bridgehead atoms. The Morgan fingerprint density at radius 3 is 1.94 bits per heavy atom. The second-order valence-electron chi connectivity index (χ2n) is 9.19. The van der Waals surface area contributed by atoms with Crippen LogP contribution < -0.4 is 0 Å². The quantitative estimate of drug-likeness (QED) is 0.310. The lowest BCUT2D eigenvalue weighted by Crippen LogP contribution is -2.42. The molecule has 6 heteroatoms. The van der Waals surface area contributed by atoms with Gasteiger partial charge in [0.1, 0.15) is 0 Å². The second kappa shape index (κ2) is 13.2. The van der Waals surface area contributed by atoms with Crippen LogP contribution in [0.4, 0.5) is 4.39 Å². The predicted molar refractivity (Wildman–Crippen MR) is 133 cm³/mol. The maximum Gasteiger partial charge on any atom is 0.317 e. The number of hydrogen-bond acceptors (Lipinski definition) is 3. The van der Waals surface area contributed by atoms with Crippen LogP contribution in [0.3, 0.4) is 0 Å². The van der Waals surface area contributed by atoms with Crippen LogP contribution in [0.1, 0.15) is 64.5 Å². The number of nitrogens with zero attached hydrogens (tertiary/aromatic N) is 1. The van der Waals surface area contributed by atoms with Crippen molar-refractivity contribution < 1.29 is 24.2 Å². The van der Waals surface area contributed by atoms with Crippen LogP contribution in [0.5, 0.6) is 0 Å². The van der Waals surface area contributed by atoms with Gasteiger partial charge in [0.2, 0.25) is 0 Å². The minimum absolute atomic E-state index is 0.000287. The first-order valence-corrected chi connectivity index (χ1v) is 12.2. The van der Waals surface area contributed by atoms with Gasteiger partial charge in [0, 0.05) is 12.1 Å². The highest BCUT2D eigenvalue weighted by atomic mass is 19.1. The summed E-state index contributed by atoms with van der Waals surface area (Å²) in [6.45, 7) is 5.58. The van der Waals surface area contributed by atoms with Gasteiger partial charge >= 0.3 is 11.9 Å². The molecule has 2 aromatic carbocycles. The first-order chi connectivity index (χ1) is 16.2. The molecule has 0 aliphatic carbocycles. The standard InChI is InChI=1S/C28H38FNO4/c1-5-10-23(17-19(3)29)26(30(4)24(6-2)18-25(27(31)32)28(33)34)22-15-13-21(14-16-22)20-11-8-7-9-12-20/h7-9,11-16,19,23-26H,5-6,10,17-18H2,1-4H3,(H,31,32)(H,33,34). The van der Waals surface area contributed by atoms with Gasteiger partial charge in [-0.25, -0.2) is 4.39 Å². The monoisotopic (exact) mass is 471 g/mol. The van der Waals surface area contributed by atoms with E-state index in [9.17, 15) is 24.2 Å². The zero-order valence-electron chi connectivity index (χ0n) is 20.7. The minimum atomic E-state index is -1.47. The molecule has 0 spiro atoms. The fraction of sp³-hybridized carbons (Fsp3) is 0.500. The summed E-state index contributed by atoms with van der Waals surface area (Å²) in [5.74, 6) is -4.12. The molecule has 5 nitrogen and oxygen atoms in total. The van der Waals surface area contributed by atoms with E-state index in [1.165, 1.54) is 0 Å². The summed E-state index contributed by atoms with van der Waals surface area (Å²) < 4.78 is 14.2. The molecule has 0 heterocycles. The van der Waals surface area contributed by atoms with Crippen molar-refractivity contribution in [2.24, 2.45) is 11.8 Å². The molecule has 0 saturated carbocycles. The topological polar surface area (TPSA) is 77.8 Å². The maximum atomic E-state index is 14.2. The van der Waals surface area contributed by atoms with E-state index in [1.54, 1.807) is 6.92 Å². The Hall–Kier alpha value is -2.73. The van der Waals surface area contributed by atoms with Crippen molar-refractivity contribution in [1.82, 2.24) is 4.90 Å². The average Bonchev–Trinajstić information content (AvgIpc) is 2.80. The Kier molecular flexibility index (Phi) is 10.7. The Labute approximate surface area is 202 Å². The maximum absolute atomic E-state index is 14.2. The molecular formula is C28H38FNO4. The van der Waals surface area contributed by atoms with Gasteiger partial charge in [0.15, 0.2) is 5.92 Å². The van der Waals surface area contributed by atoms with E-state index in [2.05, 4.69) is 36.1 Å². The van der Waals surface area contributed by atoms with E-state index < -0.39 is 24.0 Å². The van der Waals surface area contributed by atoms with Crippen LogP contribution in [0.25, 0.3) is 11.1 Å². The molecule has 0 aliphatic heterocycles. The molecule has 0 saturated heterocycles. The van der Waals surface area contributed by atoms with Gasteiger partial charge < -0.3 is 10.2 Å². The third-order valence-corrected chi connectivity index (χ3v) is 6.68. The molecule has 2 rings (SSSR count). The van der Waals surface area contributed by atoms with Gasteiger partial charge in [-0.3, -0.25) is 14.5 Å². The number of aliphatic carboxylic acids is 2. The van der Waals surface area contributed by atoms with Crippen molar-refractivity contribution in [3.05, 3.63) is 60.2 Å². The Morgan fingerprint density at radius 2 is 1.47 bits per heavy atom. The third kappa shape index (κ3) is 7.39. The molecule has 2 aromatic rings. The summed E-state index contributed by atoms with van der Waals surface area (Å²) in [6, 6.07) is 17.9. The van der Waals surface area contributed by atoms with E-state index in [1.807, 2.05) is 44.3 Å².